The van der Waals surface area contributed by atoms with Gasteiger partial charge in [0.15, 0.2) is 0 Å². The average molecular weight is 300 g/mol. The zero-order valence-electron chi connectivity index (χ0n) is 13.0. The van der Waals surface area contributed by atoms with E-state index in [4.69, 9.17) is 9.15 Å². The van der Waals surface area contributed by atoms with Gasteiger partial charge < -0.3 is 14.1 Å². The van der Waals surface area contributed by atoms with Crippen molar-refractivity contribution >= 4 is 11.9 Å². The molecule has 1 aromatic carbocycles. The molecule has 0 saturated carbocycles. The number of esters is 1. The molecule has 22 heavy (non-hydrogen) atoms. The lowest BCUT2D eigenvalue weighted by molar-refractivity contribution is 0.0595. The molecule has 0 aliphatic carbocycles. The Kier molecular flexibility index (Phi) is 4.13. The number of aromatic nitrogens is 1. The number of carbonyl (C=O) groups excluding carboxylic acids is 1. The molecule has 1 aromatic heterocycles. The normalized spacial score (nSPS) is 14.9. The monoisotopic (exact) mass is 300 g/mol. The van der Waals surface area contributed by atoms with Crippen LogP contribution in [0.25, 0.3) is 11.5 Å². The van der Waals surface area contributed by atoms with E-state index in [-0.39, 0.29) is 5.69 Å². The van der Waals surface area contributed by atoms with Gasteiger partial charge in [-0.25, -0.2) is 4.79 Å². The third kappa shape index (κ3) is 2.84. The molecule has 0 N–H and O–H groups in total. The van der Waals surface area contributed by atoms with Gasteiger partial charge in [-0.15, -0.1) is 0 Å². The molecule has 0 unspecified atom stereocenters. The standard InChI is InChI=1S/C17H20N2O3/c1-12-6-8-13(9-7-12)15-18-14(17(20)21-2)16(22-15)19-10-4-3-5-11-19/h6-9H,3-5,10-11H2,1-2H3. The van der Waals surface area contributed by atoms with E-state index in [1.165, 1.54) is 19.1 Å². The van der Waals surface area contributed by atoms with Gasteiger partial charge in [0.05, 0.1) is 7.11 Å². The fraction of sp³-hybridized carbons (Fsp3) is 0.412. The van der Waals surface area contributed by atoms with Crippen LogP contribution in [0.2, 0.25) is 0 Å². The number of hydrogen-bond donors (Lipinski definition) is 0. The van der Waals surface area contributed by atoms with Crippen molar-refractivity contribution in [3.05, 3.63) is 35.5 Å². The van der Waals surface area contributed by atoms with Gasteiger partial charge in [0.1, 0.15) is 0 Å². The van der Waals surface area contributed by atoms with Crippen LogP contribution in [0.3, 0.4) is 0 Å². The lowest BCUT2D eigenvalue weighted by Crippen LogP contribution is -2.30. The number of nitrogens with zero attached hydrogens (tertiary/aromatic N) is 2. The minimum absolute atomic E-state index is 0.264. The van der Waals surface area contributed by atoms with Crippen LogP contribution < -0.4 is 4.90 Å². The van der Waals surface area contributed by atoms with E-state index >= 15 is 0 Å². The van der Waals surface area contributed by atoms with E-state index in [9.17, 15) is 4.79 Å². The van der Waals surface area contributed by atoms with Gasteiger partial charge in [-0.2, -0.15) is 4.98 Å². The van der Waals surface area contributed by atoms with Gasteiger partial charge in [-0.3, -0.25) is 0 Å². The number of oxazole rings is 1. The summed E-state index contributed by atoms with van der Waals surface area (Å²) in [6, 6.07) is 7.89. The Morgan fingerprint density at radius 1 is 1.18 bits per heavy atom. The lowest BCUT2D eigenvalue weighted by atomic mass is 10.1. The first-order valence-corrected chi connectivity index (χ1v) is 7.60. The molecule has 1 aliphatic heterocycles. The van der Waals surface area contributed by atoms with Crippen molar-refractivity contribution in [2.45, 2.75) is 26.2 Å². The molecule has 2 aromatic rings. The van der Waals surface area contributed by atoms with Gasteiger partial charge >= 0.3 is 5.97 Å². The molecule has 0 bridgehead atoms. The van der Waals surface area contributed by atoms with Crippen molar-refractivity contribution in [2.75, 3.05) is 25.1 Å². The number of carbonyl (C=O) groups is 1. The molecule has 0 spiro atoms. The van der Waals surface area contributed by atoms with Crippen molar-refractivity contribution in [2.24, 2.45) is 0 Å². The molecule has 2 heterocycles. The third-order valence-electron chi connectivity index (χ3n) is 3.93. The quantitative estimate of drug-likeness (QED) is 0.813. The zero-order chi connectivity index (χ0) is 15.5. The summed E-state index contributed by atoms with van der Waals surface area (Å²) in [5.74, 6) is 0.533. The smallest absolute Gasteiger partial charge is 0.362 e. The fourth-order valence-electron chi connectivity index (χ4n) is 2.67. The largest absolute Gasteiger partial charge is 0.464 e. The predicted octanol–water partition coefficient (Wildman–Crippen LogP) is 3.43. The van der Waals surface area contributed by atoms with Crippen LogP contribution in [0, 0.1) is 6.92 Å². The SMILES string of the molecule is COC(=O)c1nc(-c2ccc(C)cc2)oc1N1CCCCC1. The summed E-state index contributed by atoms with van der Waals surface area (Å²) in [5.41, 5.74) is 2.29. The number of hydrogen-bond acceptors (Lipinski definition) is 5. The average Bonchev–Trinajstić information content (AvgIpc) is 3.01. The summed E-state index contributed by atoms with van der Waals surface area (Å²) in [6.45, 7) is 3.79. The maximum Gasteiger partial charge on any atom is 0.362 e. The van der Waals surface area contributed by atoms with E-state index in [0.717, 1.165) is 31.5 Å². The topological polar surface area (TPSA) is 55.6 Å². The molecule has 1 aliphatic rings. The highest BCUT2D eigenvalue weighted by Gasteiger charge is 2.26. The minimum atomic E-state index is -0.456. The second kappa shape index (κ2) is 6.22. The number of piperidine rings is 1. The number of benzene rings is 1. The molecule has 5 heteroatoms. The number of aryl methyl sites for hydroxylation is 1. The summed E-state index contributed by atoms with van der Waals surface area (Å²) in [4.78, 5) is 18.5. The molecule has 5 nitrogen and oxygen atoms in total. The Balaban J connectivity index is 2.00. The van der Waals surface area contributed by atoms with Crippen LogP contribution in [0.15, 0.2) is 28.7 Å². The second-order valence-electron chi connectivity index (χ2n) is 5.58. The zero-order valence-corrected chi connectivity index (χ0v) is 13.0. The summed E-state index contributed by atoms with van der Waals surface area (Å²) in [5, 5.41) is 0. The highest BCUT2D eigenvalue weighted by Crippen LogP contribution is 2.30. The maximum atomic E-state index is 12.0. The summed E-state index contributed by atoms with van der Waals surface area (Å²) in [6.07, 6.45) is 3.41. The molecule has 0 radical (unpaired) electrons. The summed E-state index contributed by atoms with van der Waals surface area (Å²) >= 11 is 0. The van der Waals surface area contributed by atoms with Gasteiger partial charge in [0.2, 0.25) is 17.5 Å². The molecular weight excluding hydrogens is 280 g/mol. The molecule has 1 fully saturated rings. The Morgan fingerprint density at radius 3 is 2.50 bits per heavy atom. The predicted molar refractivity (Wildman–Crippen MR) is 84.1 cm³/mol. The highest BCUT2D eigenvalue weighted by atomic mass is 16.5. The van der Waals surface area contributed by atoms with E-state index in [1.807, 2.05) is 31.2 Å². The maximum absolute atomic E-state index is 12.0. The first-order valence-electron chi connectivity index (χ1n) is 7.60. The van der Waals surface area contributed by atoms with Crippen LogP contribution in [0.4, 0.5) is 5.88 Å². The van der Waals surface area contributed by atoms with Crippen molar-refractivity contribution in [1.29, 1.82) is 0 Å². The number of ether oxygens (including phenoxy) is 1. The fourth-order valence-corrected chi connectivity index (χ4v) is 2.67. The van der Waals surface area contributed by atoms with E-state index in [0.29, 0.717) is 11.8 Å². The van der Waals surface area contributed by atoms with Crippen molar-refractivity contribution in [3.8, 4) is 11.5 Å². The van der Waals surface area contributed by atoms with Crippen LogP contribution in [0.1, 0.15) is 35.3 Å². The number of rotatable bonds is 3. The molecular formula is C17H20N2O3. The van der Waals surface area contributed by atoms with Crippen LogP contribution in [-0.4, -0.2) is 31.2 Å². The van der Waals surface area contributed by atoms with E-state index in [1.54, 1.807) is 0 Å². The van der Waals surface area contributed by atoms with Crippen molar-refractivity contribution in [3.63, 3.8) is 0 Å². The van der Waals surface area contributed by atoms with Crippen molar-refractivity contribution < 1.29 is 13.9 Å². The van der Waals surface area contributed by atoms with Gasteiger partial charge in [0, 0.05) is 18.7 Å². The summed E-state index contributed by atoms with van der Waals surface area (Å²) < 4.78 is 10.8. The Bertz CT molecular complexity index is 655. The molecule has 0 amide bonds. The lowest BCUT2D eigenvalue weighted by Gasteiger charge is -2.26. The van der Waals surface area contributed by atoms with Crippen molar-refractivity contribution in [1.82, 2.24) is 4.98 Å². The molecule has 1 saturated heterocycles. The Morgan fingerprint density at radius 2 is 1.86 bits per heavy atom. The van der Waals surface area contributed by atoms with Gasteiger partial charge in [-0.1, -0.05) is 17.7 Å². The van der Waals surface area contributed by atoms with Crippen LogP contribution in [0.5, 0.6) is 0 Å². The van der Waals surface area contributed by atoms with Crippen LogP contribution in [-0.2, 0) is 4.74 Å². The molecule has 3 rings (SSSR count). The number of anilines is 1. The molecule has 0 atom stereocenters. The Labute approximate surface area is 129 Å². The van der Waals surface area contributed by atoms with Crippen LogP contribution >= 0.6 is 0 Å². The van der Waals surface area contributed by atoms with E-state index in [2.05, 4.69) is 9.88 Å². The third-order valence-corrected chi connectivity index (χ3v) is 3.93. The first kappa shape index (κ1) is 14.6. The summed E-state index contributed by atoms with van der Waals surface area (Å²) in [7, 11) is 1.36. The second-order valence-corrected chi connectivity index (χ2v) is 5.58. The molecule has 116 valence electrons. The first-order chi connectivity index (χ1) is 10.7. The Hall–Kier alpha value is -2.30. The highest BCUT2D eigenvalue weighted by molar-refractivity contribution is 5.93. The minimum Gasteiger partial charge on any atom is -0.464 e. The van der Waals surface area contributed by atoms with Gasteiger partial charge in [-0.05, 0) is 38.3 Å². The number of methoxy groups -OCH3 is 1. The van der Waals surface area contributed by atoms with Gasteiger partial charge in [0.25, 0.3) is 0 Å². The van der Waals surface area contributed by atoms with E-state index < -0.39 is 5.97 Å².